The minimum absolute atomic E-state index is 0.138. The fraction of sp³-hybridized carbons (Fsp3) is 0.214. The highest BCUT2D eigenvalue weighted by Crippen LogP contribution is 2.18. The van der Waals surface area contributed by atoms with Crippen molar-refractivity contribution in [2.24, 2.45) is 5.10 Å². The van der Waals surface area contributed by atoms with E-state index in [0.29, 0.717) is 5.03 Å². The lowest BCUT2D eigenvalue weighted by molar-refractivity contribution is -0.139. The van der Waals surface area contributed by atoms with Crippen molar-refractivity contribution in [3.05, 3.63) is 40.9 Å². The molecule has 5 nitrogen and oxygen atoms in total. The molecule has 0 atom stereocenters. The van der Waals surface area contributed by atoms with Crippen LogP contribution in [0.5, 0.6) is 0 Å². The van der Waals surface area contributed by atoms with Crippen LogP contribution in [0.4, 0.5) is 0 Å². The number of amides is 2. The van der Waals surface area contributed by atoms with Crippen LogP contribution < -0.4 is 10.7 Å². The SMILES string of the molecule is O=C(N/N=C\C(Cl)=C\c1ccccc1)C(=O)NC1CC1. The molecule has 0 spiro atoms. The first-order valence-corrected chi connectivity index (χ1v) is 6.59. The predicted octanol–water partition coefficient (Wildman–Crippen LogP) is 1.65. The second kappa shape index (κ2) is 6.86. The smallest absolute Gasteiger partial charge is 0.329 e. The minimum Gasteiger partial charge on any atom is -0.345 e. The number of carbonyl (C=O) groups is 2. The highest BCUT2D eigenvalue weighted by atomic mass is 35.5. The van der Waals surface area contributed by atoms with Gasteiger partial charge in [-0.15, -0.1) is 0 Å². The number of hydrazone groups is 1. The summed E-state index contributed by atoms with van der Waals surface area (Å²) in [5.74, 6) is -1.47. The Morgan fingerprint density at radius 1 is 1.20 bits per heavy atom. The van der Waals surface area contributed by atoms with Crippen molar-refractivity contribution in [3.8, 4) is 0 Å². The molecular weight excluding hydrogens is 278 g/mol. The summed E-state index contributed by atoms with van der Waals surface area (Å²) in [4.78, 5) is 22.7. The Morgan fingerprint density at radius 3 is 2.55 bits per heavy atom. The number of nitrogens with one attached hydrogen (secondary N) is 2. The van der Waals surface area contributed by atoms with E-state index >= 15 is 0 Å². The molecule has 1 aliphatic rings. The van der Waals surface area contributed by atoms with Crippen molar-refractivity contribution in [3.63, 3.8) is 0 Å². The van der Waals surface area contributed by atoms with Gasteiger partial charge in [0.25, 0.3) is 0 Å². The van der Waals surface area contributed by atoms with Crippen LogP contribution in [0.1, 0.15) is 18.4 Å². The Bertz CT molecular complexity index is 551. The van der Waals surface area contributed by atoms with E-state index < -0.39 is 11.8 Å². The third-order valence-corrected chi connectivity index (χ3v) is 2.78. The molecule has 1 aromatic rings. The minimum atomic E-state index is -0.794. The molecule has 0 heterocycles. The number of allylic oxidation sites excluding steroid dienone is 1. The van der Waals surface area contributed by atoms with E-state index in [4.69, 9.17) is 11.6 Å². The molecule has 2 N–H and O–H groups in total. The molecule has 20 heavy (non-hydrogen) atoms. The summed E-state index contributed by atoms with van der Waals surface area (Å²) in [6.45, 7) is 0. The van der Waals surface area contributed by atoms with Crippen LogP contribution in [0.25, 0.3) is 6.08 Å². The van der Waals surface area contributed by atoms with Crippen LogP contribution in [0, 0.1) is 0 Å². The zero-order valence-electron chi connectivity index (χ0n) is 10.7. The number of hydrogen-bond donors (Lipinski definition) is 2. The number of rotatable bonds is 4. The van der Waals surface area contributed by atoms with Gasteiger partial charge in [-0.05, 0) is 24.5 Å². The number of benzene rings is 1. The summed E-state index contributed by atoms with van der Waals surface area (Å²) in [7, 11) is 0. The van der Waals surface area contributed by atoms with E-state index in [2.05, 4.69) is 15.8 Å². The molecule has 0 saturated heterocycles. The normalized spacial score (nSPS) is 15.2. The Labute approximate surface area is 121 Å². The Balaban J connectivity index is 1.81. The van der Waals surface area contributed by atoms with Crippen LogP contribution in [0.15, 0.2) is 40.5 Å². The lowest BCUT2D eigenvalue weighted by atomic mass is 10.2. The summed E-state index contributed by atoms with van der Waals surface area (Å²) >= 11 is 5.93. The van der Waals surface area contributed by atoms with Gasteiger partial charge in [0.05, 0.1) is 11.2 Å². The molecule has 104 valence electrons. The van der Waals surface area contributed by atoms with E-state index in [9.17, 15) is 9.59 Å². The molecule has 6 heteroatoms. The number of halogens is 1. The van der Waals surface area contributed by atoms with Gasteiger partial charge in [-0.3, -0.25) is 9.59 Å². The maximum atomic E-state index is 11.3. The van der Waals surface area contributed by atoms with Crippen molar-refractivity contribution < 1.29 is 9.59 Å². The van der Waals surface area contributed by atoms with Gasteiger partial charge in [0, 0.05) is 6.04 Å². The molecule has 0 aromatic heterocycles. The van der Waals surface area contributed by atoms with Gasteiger partial charge >= 0.3 is 11.8 Å². The average Bonchev–Trinajstić information content (AvgIpc) is 3.23. The van der Waals surface area contributed by atoms with E-state index in [1.165, 1.54) is 6.21 Å². The predicted molar refractivity (Wildman–Crippen MR) is 78.1 cm³/mol. The van der Waals surface area contributed by atoms with E-state index in [0.717, 1.165) is 18.4 Å². The molecule has 0 unspecified atom stereocenters. The van der Waals surface area contributed by atoms with Crippen molar-refractivity contribution in [1.82, 2.24) is 10.7 Å². The largest absolute Gasteiger partial charge is 0.345 e. The average molecular weight is 292 g/mol. The standard InChI is InChI=1S/C14H14ClN3O2/c15-11(8-10-4-2-1-3-5-10)9-16-18-14(20)13(19)17-12-6-7-12/h1-5,8-9,12H,6-7H2,(H,17,19)(H,18,20)/b11-8-,16-9-. The van der Waals surface area contributed by atoms with Gasteiger partial charge in [0.15, 0.2) is 0 Å². The van der Waals surface area contributed by atoms with Gasteiger partial charge in [0.1, 0.15) is 0 Å². The zero-order valence-corrected chi connectivity index (χ0v) is 11.4. The number of carbonyl (C=O) groups excluding carboxylic acids is 2. The first kappa shape index (κ1) is 14.3. The van der Waals surface area contributed by atoms with Crippen LogP contribution in [-0.4, -0.2) is 24.1 Å². The molecule has 2 rings (SSSR count). The van der Waals surface area contributed by atoms with Crippen LogP contribution in [-0.2, 0) is 9.59 Å². The molecule has 2 amide bonds. The van der Waals surface area contributed by atoms with Gasteiger partial charge < -0.3 is 5.32 Å². The van der Waals surface area contributed by atoms with Crippen LogP contribution >= 0.6 is 11.6 Å². The zero-order chi connectivity index (χ0) is 14.4. The molecule has 0 radical (unpaired) electrons. The lowest BCUT2D eigenvalue weighted by Gasteiger charge is -2.00. The first-order valence-electron chi connectivity index (χ1n) is 6.21. The summed E-state index contributed by atoms with van der Waals surface area (Å²) in [5.41, 5.74) is 3.04. The van der Waals surface area contributed by atoms with Crippen molar-refractivity contribution in [2.45, 2.75) is 18.9 Å². The maximum absolute atomic E-state index is 11.3. The first-order chi connectivity index (χ1) is 9.65. The van der Waals surface area contributed by atoms with Crippen LogP contribution in [0.3, 0.4) is 0 Å². The molecule has 1 fully saturated rings. The van der Waals surface area contributed by atoms with E-state index in [-0.39, 0.29) is 6.04 Å². The monoisotopic (exact) mass is 291 g/mol. The molecular formula is C14H14ClN3O2. The van der Waals surface area contributed by atoms with Crippen molar-refractivity contribution >= 4 is 35.7 Å². The topological polar surface area (TPSA) is 70.6 Å². The number of nitrogens with zero attached hydrogens (tertiary/aromatic N) is 1. The molecule has 1 saturated carbocycles. The van der Waals surface area contributed by atoms with Gasteiger partial charge in [0.2, 0.25) is 0 Å². The quantitative estimate of drug-likeness (QED) is 0.503. The molecule has 0 bridgehead atoms. The van der Waals surface area contributed by atoms with E-state index in [1.54, 1.807) is 6.08 Å². The summed E-state index contributed by atoms with van der Waals surface area (Å²) < 4.78 is 0. The van der Waals surface area contributed by atoms with Gasteiger partial charge in [-0.1, -0.05) is 41.9 Å². The maximum Gasteiger partial charge on any atom is 0.329 e. The fourth-order valence-electron chi connectivity index (χ4n) is 1.43. The summed E-state index contributed by atoms with van der Waals surface area (Å²) in [6, 6.07) is 9.58. The number of hydrogen-bond acceptors (Lipinski definition) is 3. The Kier molecular flexibility index (Phi) is 4.90. The second-order valence-electron chi connectivity index (χ2n) is 4.39. The van der Waals surface area contributed by atoms with Crippen molar-refractivity contribution in [2.75, 3.05) is 0 Å². The summed E-state index contributed by atoms with van der Waals surface area (Å²) in [6.07, 6.45) is 4.82. The highest BCUT2D eigenvalue weighted by molar-refractivity contribution is 6.41. The third-order valence-electron chi connectivity index (χ3n) is 2.58. The van der Waals surface area contributed by atoms with Crippen molar-refractivity contribution in [1.29, 1.82) is 0 Å². The fourth-order valence-corrected chi connectivity index (χ4v) is 1.60. The van der Waals surface area contributed by atoms with E-state index in [1.807, 2.05) is 30.3 Å². The molecule has 1 aliphatic carbocycles. The molecule has 0 aliphatic heterocycles. The third kappa shape index (κ3) is 4.85. The molecule has 1 aromatic carbocycles. The lowest BCUT2D eigenvalue weighted by Crippen LogP contribution is -2.38. The highest BCUT2D eigenvalue weighted by Gasteiger charge is 2.26. The second-order valence-corrected chi connectivity index (χ2v) is 4.82. The van der Waals surface area contributed by atoms with Crippen LogP contribution in [0.2, 0.25) is 0 Å². The van der Waals surface area contributed by atoms with Gasteiger partial charge in [-0.25, -0.2) is 5.43 Å². The Morgan fingerprint density at radius 2 is 1.90 bits per heavy atom. The Hall–Kier alpha value is -2.14. The van der Waals surface area contributed by atoms with Gasteiger partial charge in [-0.2, -0.15) is 5.10 Å². The summed E-state index contributed by atoms with van der Waals surface area (Å²) in [5, 5.41) is 6.54.